The van der Waals surface area contributed by atoms with Crippen LogP contribution in [0.15, 0.2) is 47.0 Å². The zero-order valence-corrected chi connectivity index (χ0v) is 15.8. The topological polar surface area (TPSA) is 77.2 Å². The summed E-state index contributed by atoms with van der Waals surface area (Å²) in [5.41, 5.74) is 3.93. The number of benzene rings is 2. The van der Waals surface area contributed by atoms with Crippen LogP contribution in [-0.4, -0.2) is 23.2 Å². The molecule has 0 aliphatic rings. The van der Waals surface area contributed by atoms with Gasteiger partial charge in [0.2, 0.25) is 17.6 Å². The second kappa shape index (κ2) is 8.49. The van der Waals surface area contributed by atoms with E-state index in [2.05, 4.69) is 15.5 Å². The van der Waals surface area contributed by atoms with E-state index in [1.165, 1.54) is 0 Å². The minimum atomic E-state index is -0.0174. The van der Waals surface area contributed by atoms with Crippen LogP contribution in [0, 0.1) is 13.8 Å². The molecule has 0 aliphatic heterocycles. The fourth-order valence-corrected chi connectivity index (χ4v) is 2.74. The summed E-state index contributed by atoms with van der Waals surface area (Å²) in [4.78, 5) is 16.6. The van der Waals surface area contributed by atoms with Gasteiger partial charge in [-0.3, -0.25) is 4.79 Å². The van der Waals surface area contributed by atoms with E-state index in [1.54, 1.807) is 7.11 Å². The molecule has 1 aromatic heterocycles. The van der Waals surface area contributed by atoms with Gasteiger partial charge in [0.1, 0.15) is 5.75 Å². The molecule has 1 N–H and O–H groups in total. The van der Waals surface area contributed by atoms with Crippen LogP contribution in [0.4, 0.5) is 5.69 Å². The van der Waals surface area contributed by atoms with Crippen LogP contribution in [0.25, 0.3) is 11.4 Å². The summed E-state index contributed by atoms with van der Waals surface area (Å²) >= 11 is 0. The maximum atomic E-state index is 12.2. The molecule has 0 unspecified atom stereocenters. The summed E-state index contributed by atoms with van der Waals surface area (Å²) in [5, 5.41) is 6.97. The van der Waals surface area contributed by atoms with Crippen LogP contribution in [-0.2, 0) is 11.2 Å². The molecular formula is C21H23N3O3. The molecule has 1 heterocycles. The van der Waals surface area contributed by atoms with Crippen molar-refractivity contribution in [2.24, 2.45) is 0 Å². The largest absolute Gasteiger partial charge is 0.497 e. The summed E-state index contributed by atoms with van der Waals surface area (Å²) in [6.07, 6.45) is 1.58. The third kappa shape index (κ3) is 4.73. The van der Waals surface area contributed by atoms with E-state index < -0.39 is 0 Å². The number of hydrogen-bond donors (Lipinski definition) is 1. The summed E-state index contributed by atoms with van der Waals surface area (Å²) in [5.74, 6) is 1.76. The molecule has 0 saturated heterocycles. The molecule has 27 heavy (non-hydrogen) atoms. The van der Waals surface area contributed by atoms with Gasteiger partial charge in [-0.05, 0) is 49.6 Å². The average Bonchev–Trinajstić information content (AvgIpc) is 3.14. The van der Waals surface area contributed by atoms with Gasteiger partial charge in [0, 0.05) is 24.1 Å². The van der Waals surface area contributed by atoms with Gasteiger partial charge >= 0.3 is 0 Å². The van der Waals surface area contributed by atoms with Crippen LogP contribution in [0.3, 0.4) is 0 Å². The first-order chi connectivity index (χ1) is 13.1. The normalized spacial score (nSPS) is 10.6. The number of nitrogens with one attached hydrogen (secondary N) is 1. The van der Waals surface area contributed by atoms with Gasteiger partial charge in [-0.15, -0.1) is 0 Å². The van der Waals surface area contributed by atoms with Crippen molar-refractivity contribution in [3.05, 3.63) is 59.5 Å². The Morgan fingerprint density at radius 3 is 2.81 bits per heavy atom. The average molecular weight is 365 g/mol. The molecule has 140 valence electrons. The lowest BCUT2D eigenvalue weighted by Gasteiger charge is -2.09. The predicted octanol–water partition coefficient (Wildman–Crippen LogP) is 4.32. The van der Waals surface area contributed by atoms with Gasteiger partial charge in [0.25, 0.3) is 0 Å². The molecule has 0 fully saturated rings. The minimum absolute atomic E-state index is 0.0174. The SMILES string of the molecule is COc1cccc(-c2noc(CCCC(=O)Nc3cccc(C)c3C)n2)c1. The van der Waals surface area contributed by atoms with E-state index in [0.29, 0.717) is 31.0 Å². The summed E-state index contributed by atoms with van der Waals surface area (Å²) in [7, 11) is 1.62. The molecule has 0 spiro atoms. The second-order valence-corrected chi connectivity index (χ2v) is 6.39. The first-order valence-corrected chi connectivity index (χ1v) is 8.90. The Balaban J connectivity index is 1.53. The molecule has 0 aliphatic carbocycles. The third-order valence-corrected chi connectivity index (χ3v) is 4.47. The maximum Gasteiger partial charge on any atom is 0.226 e. The van der Waals surface area contributed by atoms with E-state index in [1.807, 2.05) is 56.3 Å². The fraction of sp³-hybridized carbons (Fsp3) is 0.286. The van der Waals surface area contributed by atoms with Crippen LogP contribution in [0.5, 0.6) is 5.75 Å². The van der Waals surface area contributed by atoms with E-state index in [-0.39, 0.29) is 5.91 Å². The Morgan fingerprint density at radius 2 is 2.00 bits per heavy atom. The number of nitrogens with zero attached hydrogens (tertiary/aromatic N) is 2. The fourth-order valence-electron chi connectivity index (χ4n) is 2.74. The van der Waals surface area contributed by atoms with Crippen molar-refractivity contribution < 1.29 is 14.1 Å². The second-order valence-electron chi connectivity index (χ2n) is 6.39. The highest BCUT2D eigenvalue weighted by Gasteiger charge is 2.11. The molecular weight excluding hydrogens is 342 g/mol. The number of anilines is 1. The van der Waals surface area contributed by atoms with E-state index in [9.17, 15) is 4.79 Å². The van der Waals surface area contributed by atoms with Crippen LogP contribution in [0.1, 0.15) is 29.9 Å². The first-order valence-electron chi connectivity index (χ1n) is 8.90. The lowest BCUT2D eigenvalue weighted by atomic mass is 10.1. The van der Waals surface area contributed by atoms with Crippen LogP contribution in [0.2, 0.25) is 0 Å². The Morgan fingerprint density at radius 1 is 1.19 bits per heavy atom. The summed E-state index contributed by atoms with van der Waals surface area (Å²) in [6.45, 7) is 4.03. The smallest absolute Gasteiger partial charge is 0.226 e. The Kier molecular flexibility index (Phi) is 5.86. The Hall–Kier alpha value is -3.15. The van der Waals surface area contributed by atoms with Gasteiger partial charge in [-0.2, -0.15) is 4.98 Å². The van der Waals surface area contributed by atoms with Crippen molar-refractivity contribution >= 4 is 11.6 Å². The molecule has 6 nitrogen and oxygen atoms in total. The predicted molar refractivity (Wildman–Crippen MR) is 104 cm³/mol. The first kappa shape index (κ1) is 18.6. The molecule has 3 aromatic rings. The molecule has 0 bridgehead atoms. The van der Waals surface area contributed by atoms with Crippen molar-refractivity contribution in [1.82, 2.24) is 10.1 Å². The number of hydrogen-bond acceptors (Lipinski definition) is 5. The van der Waals surface area contributed by atoms with E-state index in [4.69, 9.17) is 9.26 Å². The Bertz CT molecular complexity index is 934. The van der Waals surface area contributed by atoms with Gasteiger partial charge in [0.15, 0.2) is 0 Å². The third-order valence-electron chi connectivity index (χ3n) is 4.47. The zero-order valence-electron chi connectivity index (χ0n) is 15.8. The lowest BCUT2D eigenvalue weighted by Crippen LogP contribution is -2.12. The molecule has 0 radical (unpaired) electrons. The molecule has 3 rings (SSSR count). The van der Waals surface area contributed by atoms with Gasteiger partial charge < -0.3 is 14.6 Å². The van der Waals surface area contributed by atoms with Crippen molar-refractivity contribution in [3.63, 3.8) is 0 Å². The summed E-state index contributed by atoms with van der Waals surface area (Å²) < 4.78 is 10.5. The lowest BCUT2D eigenvalue weighted by molar-refractivity contribution is -0.116. The zero-order chi connectivity index (χ0) is 19.2. The number of methoxy groups -OCH3 is 1. The molecule has 1 amide bonds. The molecule has 0 saturated carbocycles. The monoisotopic (exact) mass is 365 g/mol. The van der Waals surface area contributed by atoms with Crippen molar-refractivity contribution in [3.8, 4) is 17.1 Å². The number of carbonyl (C=O) groups excluding carboxylic acids is 1. The van der Waals surface area contributed by atoms with Crippen molar-refractivity contribution in [2.75, 3.05) is 12.4 Å². The van der Waals surface area contributed by atoms with E-state index >= 15 is 0 Å². The van der Waals surface area contributed by atoms with Crippen LogP contribution < -0.4 is 10.1 Å². The molecule has 2 aromatic carbocycles. The number of aryl methyl sites for hydroxylation is 2. The van der Waals surface area contributed by atoms with Crippen molar-refractivity contribution in [2.45, 2.75) is 33.1 Å². The van der Waals surface area contributed by atoms with Gasteiger partial charge in [0.05, 0.1) is 7.11 Å². The highest BCUT2D eigenvalue weighted by Crippen LogP contribution is 2.22. The Labute approximate surface area is 158 Å². The number of aromatic nitrogens is 2. The number of ether oxygens (including phenoxy) is 1. The quantitative estimate of drug-likeness (QED) is 0.674. The number of carbonyl (C=O) groups is 1. The molecule has 0 atom stereocenters. The number of rotatable bonds is 7. The highest BCUT2D eigenvalue weighted by atomic mass is 16.5. The number of amides is 1. The van der Waals surface area contributed by atoms with Crippen molar-refractivity contribution in [1.29, 1.82) is 0 Å². The van der Waals surface area contributed by atoms with Gasteiger partial charge in [-0.25, -0.2) is 0 Å². The summed E-state index contributed by atoms with van der Waals surface area (Å²) in [6, 6.07) is 13.4. The standard InChI is InChI=1S/C21H23N3O3/c1-14-7-4-10-18(15(14)2)22-19(25)11-6-12-20-23-21(24-27-20)16-8-5-9-17(13-16)26-3/h4-5,7-10,13H,6,11-12H2,1-3H3,(H,22,25). The maximum absolute atomic E-state index is 12.2. The van der Waals surface area contributed by atoms with Gasteiger partial charge in [-0.1, -0.05) is 29.4 Å². The highest BCUT2D eigenvalue weighted by molar-refractivity contribution is 5.91. The minimum Gasteiger partial charge on any atom is -0.497 e. The van der Waals surface area contributed by atoms with Crippen LogP contribution >= 0.6 is 0 Å². The van der Waals surface area contributed by atoms with E-state index in [0.717, 1.165) is 28.1 Å². The molecule has 6 heteroatoms.